The van der Waals surface area contributed by atoms with E-state index < -0.39 is 23.5 Å². The molecule has 7 aromatic carbocycles. The Bertz CT molecular complexity index is 2340. The zero-order valence-corrected chi connectivity index (χ0v) is 28.8. The van der Waals surface area contributed by atoms with Crippen LogP contribution in [0.25, 0.3) is 43.8 Å². The van der Waals surface area contributed by atoms with Crippen LogP contribution in [0.5, 0.6) is 0 Å². The monoisotopic (exact) mass is 716 g/mol. The molecule has 0 aliphatic rings. The highest BCUT2D eigenvalue weighted by atomic mass is 19.4. The number of aliphatic imine (C=N–C) groups is 1. The van der Waals surface area contributed by atoms with E-state index in [2.05, 4.69) is 43.0 Å². The molecule has 2 nitrogen and oxygen atoms in total. The van der Waals surface area contributed by atoms with Crippen molar-refractivity contribution in [3.05, 3.63) is 174 Å². The van der Waals surface area contributed by atoms with Crippen molar-refractivity contribution in [3.8, 4) is 22.3 Å². The molecular weight excluding hydrogens is 682 g/mol. The summed E-state index contributed by atoms with van der Waals surface area (Å²) in [6.45, 7) is 4.19. The molecule has 0 radical (unpaired) electrons. The number of halogens is 6. The summed E-state index contributed by atoms with van der Waals surface area (Å²) in [6, 6.07) is 43.6. The van der Waals surface area contributed by atoms with Crippen LogP contribution in [-0.2, 0) is 12.4 Å². The normalized spacial score (nSPS) is 13.4. The Hall–Kier alpha value is -5.89. The van der Waals surface area contributed by atoms with E-state index in [0.29, 0.717) is 22.2 Å². The minimum absolute atomic E-state index is 0.113. The third kappa shape index (κ3) is 7.27. The van der Waals surface area contributed by atoms with Crippen molar-refractivity contribution in [3.63, 3.8) is 0 Å². The molecule has 0 unspecified atom stereocenters. The Kier molecular flexibility index (Phi) is 9.56. The molecule has 0 spiro atoms. The maximum absolute atomic E-state index is 14.2. The molecule has 2 atom stereocenters. The molecule has 0 fully saturated rings. The highest BCUT2D eigenvalue weighted by Gasteiger charge is 2.37. The largest absolute Gasteiger partial charge is 0.416 e. The zero-order valence-electron chi connectivity index (χ0n) is 28.8. The van der Waals surface area contributed by atoms with E-state index in [4.69, 9.17) is 4.99 Å². The van der Waals surface area contributed by atoms with Gasteiger partial charge in [0, 0.05) is 11.1 Å². The number of fused-ring (bicyclic) bond motifs is 2. The van der Waals surface area contributed by atoms with Gasteiger partial charge in [0.1, 0.15) is 0 Å². The number of alkyl halides is 6. The topological polar surface area (TPSA) is 15.6 Å². The van der Waals surface area contributed by atoms with Crippen molar-refractivity contribution in [1.82, 2.24) is 4.90 Å². The maximum atomic E-state index is 14.2. The van der Waals surface area contributed by atoms with Crippen LogP contribution in [0.3, 0.4) is 0 Å². The molecule has 0 N–H and O–H groups in total. The van der Waals surface area contributed by atoms with Crippen LogP contribution in [0.1, 0.15) is 48.2 Å². The van der Waals surface area contributed by atoms with Gasteiger partial charge in [-0.1, -0.05) is 127 Å². The third-order valence-corrected chi connectivity index (χ3v) is 9.77. The molecule has 0 aliphatic heterocycles. The summed E-state index contributed by atoms with van der Waals surface area (Å²) in [5.41, 5.74) is 0.998. The van der Waals surface area contributed by atoms with E-state index in [1.165, 1.54) is 0 Å². The lowest BCUT2D eigenvalue weighted by molar-refractivity contribution is -0.143. The van der Waals surface area contributed by atoms with Crippen molar-refractivity contribution in [1.29, 1.82) is 0 Å². The van der Waals surface area contributed by atoms with E-state index in [0.717, 1.165) is 39.4 Å². The van der Waals surface area contributed by atoms with Gasteiger partial charge < -0.3 is 4.90 Å². The predicted octanol–water partition coefficient (Wildman–Crippen LogP) is 13.8. The predicted molar refractivity (Wildman–Crippen MR) is 202 cm³/mol. The Labute approximate surface area is 303 Å². The van der Waals surface area contributed by atoms with Crippen molar-refractivity contribution in [2.75, 3.05) is 0 Å². The SMILES string of the molecule is C[C@@H](c1ccccc1)N(C=Nc1ccc2ccccc2c1-c1c(-c2cc(C(F)(F)F)cc(C(F)(F)F)c2)ccc2ccccc12)[C@@H](C)c1ccccc1. The van der Waals surface area contributed by atoms with Gasteiger partial charge in [0.25, 0.3) is 0 Å². The average Bonchev–Trinajstić information content (AvgIpc) is 3.17. The van der Waals surface area contributed by atoms with Crippen LogP contribution < -0.4 is 0 Å². The number of hydrogen-bond acceptors (Lipinski definition) is 1. The maximum Gasteiger partial charge on any atom is 0.416 e. The second kappa shape index (κ2) is 14.3. The minimum atomic E-state index is -5.00. The van der Waals surface area contributed by atoms with E-state index in [9.17, 15) is 26.3 Å². The second-order valence-electron chi connectivity index (χ2n) is 13.0. The van der Waals surface area contributed by atoms with Gasteiger partial charge >= 0.3 is 12.4 Å². The van der Waals surface area contributed by atoms with Gasteiger partial charge in [0.05, 0.1) is 35.2 Å². The molecule has 0 amide bonds. The van der Waals surface area contributed by atoms with E-state index in [1.54, 1.807) is 18.5 Å². The molecule has 7 aromatic rings. The molecular formula is C45H34F6N2. The summed E-state index contributed by atoms with van der Waals surface area (Å²) in [6.07, 6.45) is -8.22. The van der Waals surface area contributed by atoms with Crippen LogP contribution in [0, 0.1) is 0 Å². The van der Waals surface area contributed by atoms with Gasteiger partial charge in [-0.25, -0.2) is 4.99 Å². The highest BCUT2D eigenvalue weighted by Crippen LogP contribution is 2.48. The zero-order chi connectivity index (χ0) is 37.3. The molecule has 53 heavy (non-hydrogen) atoms. The van der Waals surface area contributed by atoms with Crippen molar-refractivity contribution in [2.24, 2.45) is 4.99 Å². The van der Waals surface area contributed by atoms with Crippen LogP contribution >= 0.6 is 0 Å². The Morgan fingerprint density at radius 1 is 0.509 bits per heavy atom. The van der Waals surface area contributed by atoms with Gasteiger partial charge in [0.15, 0.2) is 0 Å². The van der Waals surface area contributed by atoms with Gasteiger partial charge in [-0.15, -0.1) is 0 Å². The number of hydrogen-bond donors (Lipinski definition) is 0. The quantitative estimate of drug-likeness (QED) is 0.0868. The third-order valence-electron chi connectivity index (χ3n) is 9.77. The van der Waals surface area contributed by atoms with E-state index >= 15 is 0 Å². The fourth-order valence-corrected chi connectivity index (χ4v) is 6.99. The molecule has 8 heteroatoms. The van der Waals surface area contributed by atoms with E-state index in [-0.39, 0.29) is 29.3 Å². The summed E-state index contributed by atoms with van der Waals surface area (Å²) >= 11 is 0. The minimum Gasteiger partial charge on any atom is -0.349 e. The van der Waals surface area contributed by atoms with Crippen molar-refractivity contribution < 1.29 is 26.3 Å². The lowest BCUT2D eigenvalue weighted by Gasteiger charge is -2.33. The molecule has 0 bridgehead atoms. The second-order valence-corrected chi connectivity index (χ2v) is 13.0. The van der Waals surface area contributed by atoms with Crippen LogP contribution in [0.15, 0.2) is 157 Å². The Morgan fingerprint density at radius 2 is 0.962 bits per heavy atom. The van der Waals surface area contributed by atoms with E-state index in [1.807, 2.05) is 97.1 Å². The Balaban J connectivity index is 1.50. The fraction of sp³-hybridized carbons (Fsp3) is 0.133. The van der Waals surface area contributed by atoms with Gasteiger partial charge in [-0.05, 0) is 81.9 Å². The van der Waals surface area contributed by atoms with Crippen LogP contribution in [-0.4, -0.2) is 11.2 Å². The molecule has 0 saturated carbocycles. The fourth-order valence-electron chi connectivity index (χ4n) is 6.99. The van der Waals surface area contributed by atoms with Crippen LogP contribution in [0.4, 0.5) is 32.0 Å². The number of nitrogens with zero attached hydrogens (tertiary/aromatic N) is 2. The summed E-state index contributed by atoms with van der Waals surface area (Å²) in [7, 11) is 0. The molecule has 7 rings (SSSR count). The molecule has 0 heterocycles. The van der Waals surface area contributed by atoms with Gasteiger partial charge in [-0.3, -0.25) is 0 Å². The summed E-state index contributed by atoms with van der Waals surface area (Å²) < 4.78 is 85.0. The molecule has 0 aliphatic carbocycles. The summed E-state index contributed by atoms with van der Waals surface area (Å²) in [5.74, 6) is 0. The highest BCUT2D eigenvalue weighted by molar-refractivity contribution is 6.14. The summed E-state index contributed by atoms with van der Waals surface area (Å²) in [5, 5.41) is 3.03. The first-order chi connectivity index (χ1) is 25.4. The molecule has 0 aromatic heterocycles. The first kappa shape index (κ1) is 35.5. The lowest BCUT2D eigenvalue weighted by atomic mass is 9.85. The average molecular weight is 717 g/mol. The number of benzene rings is 7. The summed E-state index contributed by atoms with van der Waals surface area (Å²) in [4.78, 5) is 7.27. The standard InChI is InChI=1S/C45H34F6N2/c1-29(31-13-5-3-6-14-31)53(30(2)32-15-7-4-8-16-32)28-52-41-24-22-34-18-10-12-20-39(34)43(41)42-38-19-11-9-17-33(38)21-23-40(42)35-25-36(44(46,47)48)27-37(26-35)45(49,50)51/h3-30H,1-2H3/t29-,30-/m0/s1. The van der Waals surface area contributed by atoms with Gasteiger partial charge in [-0.2, -0.15) is 26.3 Å². The molecule has 266 valence electrons. The van der Waals surface area contributed by atoms with Crippen molar-refractivity contribution in [2.45, 2.75) is 38.3 Å². The first-order valence-corrected chi connectivity index (χ1v) is 17.2. The van der Waals surface area contributed by atoms with Crippen LogP contribution in [0.2, 0.25) is 0 Å². The number of rotatable bonds is 8. The lowest BCUT2D eigenvalue weighted by Crippen LogP contribution is -2.28. The van der Waals surface area contributed by atoms with Crippen molar-refractivity contribution >= 4 is 33.6 Å². The Morgan fingerprint density at radius 3 is 1.47 bits per heavy atom. The molecule has 0 saturated heterocycles. The van der Waals surface area contributed by atoms with Gasteiger partial charge in [0.2, 0.25) is 0 Å². The first-order valence-electron chi connectivity index (χ1n) is 17.2. The smallest absolute Gasteiger partial charge is 0.349 e.